The number of phenolic OH excluding ortho intramolecular Hbond substituents is 1. The van der Waals surface area contributed by atoms with Crippen LogP contribution in [-0.2, 0) is 26.7 Å². The number of aromatic hydroxyl groups is 1. The van der Waals surface area contributed by atoms with Crippen molar-refractivity contribution in [3.8, 4) is 5.75 Å². The van der Waals surface area contributed by atoms with E-state index in [1.54, 1.807) is 12.1 Å². The average molecular weight is 701 g/mol. The van der Waals surface area contributed by atoms with Crippen LogP contribution < -0.4 is 4.90 Å². The van der Waals surface area contributed by atoms with Crippen LogP contribution in [0.4, 0.5) is 32.0 Å². The zero-order valence-electron chi connectivity index (χ0n) is 24.6. The molecule has 0 saturated carbocycles. The Hall–Kier alpha value is -3.12. The zero-order valence-corrected chi connectivity index (χ0v) is 26.2. The number of phenols is 1. The van der Waals surface area contributed by atoms with Crippen molar-refractivity contribution in [2.75, 3.05) is 11.5 Å². The Balaban J connectivity index is 1.44. The van der Waals surface area contributed by atoms with Crippen molar-refractivity contribution < 1.29 is 45.8 Å². The van der Waals surface area contributed by atoms with Crippen molar-refractivity contribution in [1.82, 2.24) is 0 Å². The number of amides is 2. The maximum absolute atomic E-state index is 13.8. The van der Waals surface area contributed by atoms with E-state index in [2.05, 4.69) is 15.9 Å². The molecule has 0 bridgehead atoms. The first-order valence-electron chi connectivity index (χ1n) is 14.8. The fraction of sp³-hybridized carbons (Fsp3) is 0.455. The number of nitrogens with zero attached hydrogens (tertiary/aromatic N) is 1. The molecular formula is C33H32BrF6NO4. The summed E-state index contributed by atoms with van der Waals surface area (Å²) >= 11 is 3.41. The first-order chi connectivity index (χ1) is 21.1. The fourth-order valence-corrected chi connectivity index (χ4v) is 7.24. The predicted molar refractivity (Wildman–Crippen MR) is 159 cm³/mol. The number of rotatable bonds is 8. The second-order valence-corrected chi connectivity index (χ2v) is 12.7. The molecule has 1 aliphatic carbocycles. The van der Waals surface area contributed by atoms with E-state index in [4.69, 9.17) is 4.74 Å². The highest BCUT2D eigenvalue weighted by molar-refractivity contribution is 9.10. The number of benzene rings is 2. The third-order valence-corrected chi connectivity index (χ3v) is 9.41. The van der Waals surface area contributed by atoms with Crippen LogP contribution in [-0.4, -0.2) is 29.6 Å². The van der Waals surface area contributed by atoms with Gasteiger partial charge in [-0.1, -0.05) is 53.4 Å². The molecule has 1 N–H and O–H groups in total. The molecule has 2 saturated heterocycles. The normalized spacial score (nSPS) is 24.0. The van der Waals surface area contributed by atoms with Gasteiger partial charge in [-0.15, -0.1) is 0 Å². The summed E-state index contributed by atoms with van der Waals surface area (Å²) in [6, 6.07) is 5.99. The molecule has 2 aliphatic heterocycles. The first kappa shape index (κ1) is 33.2. The van der Waals surface area contributed by atoms with Crippen molar-refractivity contribution in [1.29, 1.82) is 0 Å². The van der Waals surface area contributed by atoms with Crippen LogP contribution in [0.15, 0.2) is 57.6 Å². The highest BCUT2D eigenvalue weighted by atomic mass is 79.9. The number of allylic oxidation sites excluding steroid dienone is 2. The molecule has 242 valence electrons. The number of carbonyl (C=O) groups is 2. The zero-order chi connectivity index (χ0) is 32.8. The van der Waals surface area contributed by atoms with Crippen LogP contribution in [0.25, 0.3) is 6.08 Å². The van der Waals surface area contributed by atoms with E-state index in [-0.39, 0.29) is 30.9 Å². The van der Waals surface area contributed by atoms with Gasteiger partial charge in [0.25, 0.3) is 0 Å². The van der Waals surface area contributed by atoms with E-state index < -0.39 is 58.7 Å². The Labute approximate surface area is 265 Å². The molecule has 0 spiro atoms. The molecule has 0 radical (unpaired) electrons. The SMILES string of the molecule is CCCC1=C2[C@@H](CC/C(=C/c3cc(Br)ccc3O)CC)OC[C@@H]2[C@@H]2C(=O)N(c3cc(C(F)(F)F)cc(C(F)(F)F)c3)C(=O)[C@@H]2C1. The van der Waals surface area contributed by atoms with Crippen molar-refractivity contribution in [3.63, 3.8) is 0 Å². The van der Waals surface area contributed by atoms with Gasteiger partial charge in [0.15, 0.2) is 0 Å². The Morgan fingerprint density at radius 3 is 2.27 bits per heavy atom. The molecule has 2 heterocycles. The summed E-state index contributed by atoms with van der Waals surface area (Å²) in [5.74, 6) is -3.80. The Morgan fingerprint density at radius 1 is 1.00 bits per heavy atom. The molecule has 3 aliphatic rings. The summed E-state index contributed by atoms with van der Waals surface area (Å²) in [6.07, 6.45) is -5.20. The lowest BCUT2D eigenvalue weighted by molar-refractivity contribution is -0.143. The van der Waals surface area contributed by atoms with E-state index >= 15 is 0 Å². The number of alkyl halides is 6. The van der Waals surface area contributed by atoms with Gasteiger partial charge in [-0.3, -0.25) is 9.59 Å². The van der Waals surface area contributed by atoms with Gasteiger partial charge in [0.1, 0.15) is 5.75 Å². The van der Waals surface area contributed by atoms with Gasteiger partial charge < -0.3 is 9.84 Å². The summed E-state index contributed by atoms with van der Waals surface area (Å²) < 4.78 is 88.5. The molecule has 2 amide bonds. The van der Waals surface area contributed by atoms with Gasteiger partial charge in [0.2, 0.25) is 11.8 Å². The van der Waals surface area contributed by atoms with Crippen molar-refractivity contribution in [2.45, 2.75) is 70.8 Å². The standard InChI is InChI=1S/C33H32BrF6NO4/c1-3-5-18-12-24-29(31(44)41(30(24)43)23-14-20(32(35,36)37)13-21(15-23)33(38,39)40)25-16-45-27(28(18)25)9-6-17(4-2)10-19-11-22(34)7-8-26(19)42/h7-8,10-11,13-15,24-25,27,29,42H,3-6,9,12,16H2,1-2H3/b17-10+/t24-,25+,27-,29-/m1/s1. The molecule has 4 atom stereocenters. The smallest absolute Gasteiger partial charge is 0.416 e. The summed E-state index contributed by atoms with van der Waals surface area (Å²) in [5.41, 5.74) is -0.310. The van der Waals surface area contributed by atoms with Crippen molar-refractivity contribution in [2.24, 2.45) is 17.8 Å². The minimum Gasteiger partial charge on any atom is -0.507 e. The molecule has 2 aromatic carbocycles. The van der Waals surface area contributed by atoms with Crippen LogP contribution in [0, 0.1) is 17.8 Å². The molecule has 45 heavy (non-hydrogen) atoms. The van der Waals surface area contributed by atoms with E-state index in [0.29, 0.717) is 48.3 Å². The summed E-state index contributed by atoms with van der Waals surface area (Å²) in [4.78, 5) is 27.9. The monoisotopic (exact) mass is 699 g/mol. The van der Waals surface area contributed by atoms with Gasteiger partial charge >= 0.3 is 12.4 Å². The van der Waals surface area contributed by atoms with Crippen molar-refractivity contribution >= 4 is 39.5 Å². The van der Waals surface area contributed by atoms with Gasteiger partial charge in [0, 0.05) is 16.0 Å². The minimum absolute atomic E-state index is 0.0208. The van der Waals surface area contributed by atoms with E-state index in [1.165, 1.54) is 0 Å². The molecule has 5 rings (SSSR count). The summed E-state index contributed by atoms with van der Waals surface area (Å²) in [5, 5.41) is 10.3. The molecule has 12 heteroatoms. The lowest BCUT2D eigenvalue weighted by Gasteiger charge is -2.32. The van der Waals surface area contributed by atoms with E-state index in [1.807, 2.05) is 26.0 Å². The molecule has 0 unspecified atom stereocenters. The van der Waals surface area contributed by atoms with Crippen LogP contribution >= 0.6 is 15.9 Å². The molecule has 5 nitrogen and oxygen atoms in total. The third-order valence-electron chi connectivity index (χ3n) is 8.92. The first-order valence-corrected chi connectivity index (χ1v) is 15.6. The van der Waals surface area contributed by atoms with Gasteiger partial charge in [-0.25, -0.2) is 4.90 Å². The number of anilines is 1. The van der Waals surface area contributed by atoms with Crippen LogP contribution in [0.1, 0.15) is 69.1 Å². The van der Waals surface area contributed by atoms with Gasteiger partial charge in [0.05, 0.1) is 41.4 Å². The second-order valence-electron chi connectivity index (χ2n) is 11.7. The molecule has 2 fully saturated rings. The van der Waals surface area contributed by atoms with Gasteiger partial charge in [-0.2, -0.15) is 26.3 Å². The third kappa shape index (κ3) is 6.58. The highest BCUT2D eigenvalue weighted by Gasteiger charge is 2.57. The summed E-state index contributed by atoms with van der Waals surface area (Å²) in [6.45, 7) is 4.09. The molecule has 2 aromatic rings. The predicted octanol–water partition coefficient (Wildman–Crippen LogP) is 9.09. The van der Waals surface area contributed by atoms with E-state index in [0.717, 1.165) is 27.6 Å². The number of imide groups is 1. The lowest BCUT2D eigenvalue weighted by Crippen LogP contribution is -2.34. The average Bonchev–Trinajstić information content (AvgIpc) is 3.50. The second kappa shape index (κ2) is 12.6. The maximum Gasteiger partial charge on any atom is 0.416 e. The largest absolute Gasteiger partial charge is 0.507 e. The van der Waals surface area contributed by atoms with Gasteiger partial charge in [-0.05, 0) is 74.1 Å². The Morgan fingerprint density at radius 2 is 1.67 bits per heavy atom. The number of hydrogen-bond acceptors (Lipinski definition) is 4. The Bertz CT molecular complexity index is 1530. The quantitative estimate of drug-likeness (QED) is 0.170. The van der Waals surface area contributed by atoms with Crippen LogP contribution in [0.5, 0.6) is 5.75 Å². The topological polar surface area (TPSA) is 66.8 Å². The fourth-order valence-electron chi connectivity index (χ4n) is 6.86. The summed E-state index contributed by atoms with van der Waals surface area (Å²) in [7, 11) is 0. The number of carbonyl (C=O) groups excluding carboxylic acids is 2. The Kier molecular flexibility index (Phi) is 9.30. The van der Waals surface area contributed by atoms with E-state index in [9.17, 15) is 41.0 Å². The minimum atomic E-state index is -5.12. The number of fused-ring (bicyclic) bond motifs is 3. The molecular weight excluding hydrogens is 668 g/mol. The van der Waals surface area contributed by atoms with Crippen LogP contribution in [0.3, 0.4) is 0 Å². The number of hydrogen-bond donors (Lipinski definition) is 1. The number of halogens is 7. The van der Waals surface area contributed by atoms with Crippen molar-refractivity contribution in [3.05, 3.63) is 74.3 Å². The maximum atomic E-state index is 13.8. The molecule has 0 aromatic heterocycles. The highest BCUT2D eigenvalue weighted by Crippen LogP contribution is 2.52. The lowest BCUT2D eigenvalue weighted by atomic mass is 9.68. The van der Waals surface area contributed by atoms with Crippen LogP contribution in [0.2, 0.25) is 0 Å². The number of ether oxygens (including phenoxy) is 1.